The first-order valence-corrected chi connectivity index (χ1v) is 11.5. The molecule has 0 bridgehead atoms. The smallest absolute Gasteiger partial charge is 0.410 e. The van der Waals surface area contributed by atoms with Gasteiger partial charge in [0.1, 0.15) is 11.0 Å². The molecule has 2 heterocycles. The number of aromatic carboxylic acids is 1. The van der Waals surface area contributed by atoms with E-state index in [0.717, 1.165) is 11.0 Å². The molecule has 1 amide bonds. The lowest BCUT2D eigenvalue weighted by Crippen LogP contribution is -2.45. The van der Waals surface area contributed by atoms with E-state index in [1.165, 1.54) is 34.4 Å². The normalized spacial score (nSPS) is 17.9. The lowest BCUT2D eigenvalue weighted by atomic mass is 9.98. The summed E-state index contributed by atoms with van der Waals surface area (Å²) in [6.07, 6.45) is 1.46. The Morgan fingerprint density at radius 2 is 2.00 bits per heavy atom. The van der Waals surface area contributed by atoms with Crippen molar-refractivity contribution in [3.05, 3.63) is 68.9 Å². The van der Waals surface area contributed by atoms with Crippen LogP contribution in [0.1, 0.15) is 44.1 Å². The predicted octanol–water partition coefficient (Wildman–Crippen LogP) is 4.92. The molecule has 3 rings (SSSR count). The van der Waals surface area contributed by atoms with Gasteiger partial charge in [0.15, 0.2) is 0 Å². The number of aryl methyl sites for hydroxylation is 3. The van der Waals surface area contributed by atoms with Gasteiger partial charge in [-0.15, -0.1) is 11.3 Å². The topological polar surface area (TPSA) is 87.1 Å². The van der Waals surface area contributed by atoms with Crippen molar-refractivity contribution in [2.45, 2.75) is 51.2 Å². The number of benzene rings is 1. The van der Waals surface area contributed by atoms with Crippen molar-refractivity contribution >= 4 is 23.4 Å². The lowest BCUT2D eigenvalue weighted by molar-refractivity contribution is -0.0930. The van der Waals surface area contributed by atoms with Crippen LogP contribution in [-0.4, -0.2) is 52.5 Å². The molecule has 0 saturated carbocycles. The molecule has 0 aliphatic carbocycles. The number of hydrogen-bond acceptors (Lipinski definition) is 5. The molecule has 2 unspecified atom stereocenters. The van der Waals surface area contributed by atoms with Gasteiger partial charge >= 0.3 is 18.0 Å². The zero-order valence-corrected chi connectivity index (χ0v) is 19.3. The third kappa shape index (κ3) is 6.17. The van der Waals surface area contributed by atoms with Gasteiger partial charge in [-0.25, -0.2) is 9.59 Å². The molecule has 1 saturated heterocycles. The van der Waals surface area contributed by atoms with Gasteiger partial charge < -0.3 is 19.8 Å². The summed E-state index contributed by atoms with van der Waals surface area (Å²) in [5.74, 6) is -4.46. The predicted molar refractivity (Wildman–Crippen MR) is 121 cm³/mol. The molecule has 1 fully saturated rings. The molecule has 2 aromatic rings. The zero-order chi connectivity index (χ0) is 24.2. The number of hydrogen-bond donors (Lipinski definition) is 2. The molecule has 1 aromatic carbocycles. The first-order valence-electron chi connectivity index (χ1n) is 10.7. The molecule has 0 spiro atoms. The van der Waals surface area contributed by atoms with Crippen LogP contribution in [0, 0.1) is 13.8 Å². The molecule has 0 radical (unpaired) electrons. The standard InChI is InChI=1S/C24H27F2NO5S/c1-15-12-16(2)14-17(13-15)24(25,26)21(28)8-5-18-9-11-32-23(31)27(18)10-3-4-19-6-7-20(33-19)22(29)30/h5-8,12-14,18,21,28H,3-4,9-11H2,1-2H3,(H,29,30). The van der Waals surface area contributed by atoms with Crippen LogP contribution < -0.4 is 0 Å². The van der Waals surface area contributed by atoms with Crippen molar-refractivity contribution in [2.24, 2.45) is 0 Å². The quantitative estimate of drug-likeness (QED) is 0.499. The van der Waals surface area contributed by atoms with E-state index in [2.05, 4.69) is 0 Å². The molecule has 6 nitrogen and oxygen atoms in total. The highest BCUT2D eigenvalue weighted by Crippen LogP contribution is 2.34. The maximum absolute atomic E-state index is 14.8. The third-order valence-corrected chi connectivity index (χ3v) is 6.60. The van der Waals surface area contributed by atoms with Gasteiger partial charge in [-0.05, 0) is 51.0 Å². The van der Waals surface area contributed by atoms with Crippen LogP contribution >= 0.6 is 11.3 Å². The number of amides is 1. The Bertz CT molecular complexity index is 1020. The molecule has 33 heavy (non-hydrogen) atoms. The summed E-state index contributed by atoms with van der Waals surface area (Å²) in [4.78, 5) is 25.9. The summed E-state index contributed by atoms with van der Waals surface area (Å²) < 4.78 is 34.8. The minimum absolute atomic E-state index is 0.167. The van der Waals surface area contributed by atoms with Gasteiger partial charge in [0.05, 0.1) is 12.6 Å². The number of rotatable bonds is 9. The summed E-state index contributed by atoms with van der Waals surface area (Å²) in [5, 5.41) is 19.3. The van der Waals surface area contributed by atoms with Gasteiger partial charge in [0, 0.05) is 23.4 Å². The molecule has 2 N–H and O–H groups in total. The van der Waals surface area contributed by atoms with Crippen molar-refractivity contribution in [2.75, 3.05) is 13.2 Å². The van der Waals surface area contributed by atoms with E-state index >= 15 is 0 Å². The average molecular weight is 480 g/mol. The van der Waals surface area contributed by atoms with Gasteiger partial charge in [0.25, 0.3) is 0 Å². The number of ether oxygens (including phenoxy) is 1. The minimum Gasteiger partial charge on any atom is -0.477 e. The van der Waals surface area contributed by atoms with Crippen molar-refractivity contribution in [3.8, 4) is 0 Å². The Kier molecular flexibility index (Phi) is 7.86. The molecule has 1 aliphatic heterocycles. The van der Waals surface area contributed by atoms with Crippen molar-refractivity contribution in [1.82, 2.24) is 4.90 Å². The highest BCUT2D eigenvalue weighted by molar-refractivity contribution is 7.13. The summed E-state index contributed by atoms with van der Waals surface area (Å²) in [7, 11) is 0. The summed E-state index contributed by atoms with van der Waals surface area (Å²) >= 11 is 1.18. The maximum Gasteiger partial charge on any atom is 0.410 e. The number of aliphatic hydroxyl groups excluding tert-OH is 1. The number of aliphatic hydroxyl groups is 1. The van der Waals surface area contributed by atoms with E-state index < -0.39 is 30.1 Å². The number of carbonyl (C=O) groups is 2. The van der Waals surface area contributed by atoms with E-state index in [1.807, 2.05) is 0 Å². The van der Waals surface area contributed by atoms with E-state index in [9.17, 15) is 23.5 Å². The number of nitrogens with zero attached hydrogens (tertiary/aromatic N) is 1. The van der Waals surface area contributed by atoms with Crippen LogP contribution in [0.5, 0.6) is 0 Å². The number of alkyl halides is 2. The Balaban J connectivity index is 1.65. The van der Waals surface area contributed by atoms with E-state index in [-0.39, 0.29) is 17.0 Å². The fraction of sp³-hybridized carbons (Fsp3) is 0.417. The second-order valence-electron chi connectivity index (χ2n) is 8.17. The van der Waals surface area contributed by atoms with Crippen LogP contribution in [0.2, 0.25) is 0 Å². The number of carboxylic acids is 1. The summed E-state index contributed by atoms with van der Waals surface area (Å²) in [6.45, 7) is 3.93. The Labute approximate surface area is 195 Å². The molecule has 9 heteroatoms. The summed E-state index contributed by atoms with van der Waals surface area (Å²) in [6, 6.07) is 7.30. The Morgan fingerprint density at radius 3 is 2.64 bits per heavy atom. The van der Waals surface area contributed by atoms with Crippen LogP contribution in [0.4, 0.5) is 13.6 Å². The van der Waals surface area contributed by atoms with Gasteiger partial charge in [-0.3, -0.25) is 0 Å². The fourth-order valence-electron chi connectivity index (χ4n) is 3.84. The van der Waals surface area contributed by atoms with Crippen LogP contribution in [0.15, 0.2) is 42.5 Å². The molecule has 178 valence electrons. The number of halogens is 2. The largest absolute Gasteiger partial charge is 0.477 e. The lowest BCUT2D eigenvalue weighted by Gasteiger charge is -2.33. The zero-order valence-electron chi connectivity index (χ0n) is 18.5. The van der Waals surface area contributed by atoms with Crippen LogP contribution in [0.3, 0.4) is 0 Å². The second kappa shape index (κ2) is 10.4. The van der Waals surface area contributed by atoms with Crippen molar-refractivity contribution in [3.63, 3.8) is 0 Å². The number of thiophene rings is 1. The van der Waals surface area contributed by atoms with E-state index in [1.54, 1.807) is 32.0 Å². The van der Waals surface area contributed by atoms with Gasteiger partial charge in [-0.2, -0.15) is 8.78 Å². The van der Waals surface area contributed by atoms with Gasteiger partial charge in [-0.1, -0.05) is 29.3 Å². The highest BCUT2D eigenvalue weighted by Gasteiger charge is 2.39. The number of carboxylic acid groups (broad SMARTS) is 1. The Hall–Kier alpha value is -2.78. The SMILES string of the molecule is Cc1cc(C)cc(C(F)(F)C(O)C=CC2CCOC(=O)N2CCCc2ccc(C(=O)O)s2)c1. The number of cyclic esters (lactones) is 1. The number of carbonyl (C=O) groups excluding carboxylic acids is 1. The molecule has 1 aromatic heterocycles. The molecular weight excluding hydrogens is 452 g/mol. The molecular formula is C24H27F2NO5S. The first-order chi connectivity index (χ1) is 15.6. The van der Waals surface area contributed by atoms with Crippen LogP contribution in [0.25, 0.3) is 0 Å². The monoisotopic (exact) mass is 479 g/mol. The minimum atomic E-state index is -3.48. The van der Waals surface area contributed by atoms with E-state index in [0.29, 0.717) is 36.9 Å². The first kappa shape index (κ1) is 24.9. The van der Waals surface area contributed by atoms with Crippen molar-refractivity contribution < 1.29 is 33.3 Å². The maximum atomic E-state index is 14.8. The highest BCUT2D eigenvalue weighted by atomic mass is 32.1. The third-order valence-electron chi connectivity index (χ3n) is 5.46. The van der Waals surface area contributed by atoms with Gasteiger partial charge in [0.2, 0.25) is 0 Å². The fourth-order valence-corrected chi connectivity index (χ4v) is 4.73. The second-order valence-corrected chi connectivity index (χ2v) is 9.34. The van der Waals surface area contributed by atoms with Crippen LogP contribution in [-0.2, 0) is 17.1 Å². The van der Waals surface area contributed by atoms with E-state index in [4.69, 9.17) is 9.84 Å². The molecule has 1 aliphatic rings. The summed E-state index contributed by atoms with van der Waals surface area (Å²) in [5.41, 5.74) is 1.11. The van der Waals surface area contributed by atoms with Crippen molar-refractivity contribution in [1.29, 1.82) is 0 Å². The molecule has 2 atom stereocenters. The Morgan fingerprint density at radius 1 is 1.30 bits per heavy atom. The average Bonchev–Trinajstić information content (AvgIpc) is 3.22.